The average Bonchev–Trinajstić information content (AvgIpc) is 3.06. The number of nitrogens with one attached hydrogen (secondary N) is 1. The van der Waals surface area contributed by atoms with E-state index in [0.29, 0.717) is 12.0 Å². The van der Waals surface area contributed by atoms with Gasteiger partial charge < -0.3 is 14.8 Å². The van der Waals surface area contributed by atoms with Crippen LogP contribution >= 0.6 is 0 Å². The van der Waals surface area contributed by atoms with Gasteiger partial charge in [0.1, 0.15) is 5.54 Å². The Morgan fingerprint density at radius 2 is 2.20 bits per heavy atom. The predicted molar refractivity (Wildman–Crippen MR) is 77.6 cm³/mol. The molecule has 0 bridgehead atoms. The van der Waals surface area contributed by atoms with Crippen LogP contribution in [0, 0.1) is 5.92 Å². The number of ether oxygens (including phenoxy) is 2. The van der Waals surface area contributed by atoms with E-state index in [1.807, 2.05) is 6.92 Å². The summed E-state index contributed by atoms with van der Waals surface area (Å²) in [5.74, 6) is 0.543. The second-order valence-corrected chi connectivity index (χ2v) is 6.11. The molecule has 20 heavy (non-hydrogen) atoms. The van der Waals surface area contributed by atoms with Gasteiger partial charge in [-0.25, -0.2) is 0 Å². The molecule has 2 aliphatic rings. The van der Waals surface area contributed by atoms with E-state index in [4.69, 9.17) is 9.47 Å². The van der Waals surface area contributed by atoms with Crippen LogP contribution in [0.2, 0.25) is 0 Å². The molecule has 0 aromatic carbocycles. The van der Waals surface area contributed by atoms with Gasteiger partial charge in [-0.15, -0.1) is 0 Å². The highest BCUT2D eigenvalue weighted by atomic mass is 16.5. The lowest BCUT2D eigenvalue weighted by Gasteiger charge is -2.29. The van der Waals surface area contributed by atoms with Crippen LogP contribution in [0.1, 0.15) is 32.6 Å². The fraction of sp³-hybridized carbons (Fsp3) is 0.933. The molecule has 116 valence electrons. The van der Waals surface area contributed by atoms with E-state index in [2.05, 4.69) is 10.2 Å². The molecule has 0 aromatic rings. The molecule has 0 spiro atoms. The van der Waals surface area contributed by atoms with Crippen molar-refractivity contribution in [3.8, 4) is 0 Å². The fourth-order valence-electron chi connectivity index (χ4n) is 3.85. The third-order valence-corrected chi connectivity index (χ3v) is 4.82. The largest absolute Gasteiger partial charge is 0.468 e. The summed E-state index contributed by atoms with van der Waals surface area (Å²) < 4.78 is 10.3. The molecule has 1 saturated carbocycles. The molecule has 1 N–H and O–H groups in total. The van der Waals surface area contributed by atoms with Gasteiger partial charge in [0.25, 0.3) is 0 Å². The van der Waals surface area contributed by atoms with Crippen LogP contribution in [0.4, 0.5) is 0 Å². The second kappa shape index (κ2) is 6.87. The molecule has 0 aromatic heterocycles. The third-order valence-electron chi connectivity index (χ3n) is 4.82. The van der Waals surface area contributed by atoms with E-state index in [1.54, 1.807) is 7.11 Å². The van der Waals surface area contributed by atoms with E-state index in [0.717, 1.165) is 45.5 Å². The van der Waals surface area contributed by atoms with Crippen molar-refractivity contribution in [1.29, 1.82) is 0 Å². The van der Waals surface area contributed by atoms with E-state index < -0.39 is 5.54 Å². The maximum absolute atomic E-state index is 12.1. The summed E-state index contributed by atoms with van der Waals surface area (Å²) in [6, 6.07) is 0.495. The normalized spacial score (nSPS) is 34.5. The summed E-state index contributed by atoms with van der Waals surface area (Å²) in [7, 11) is 3.25. The van der Waals surface area contributed by atoms with Crippen LogP contribution in [-0.2, 0) is 14.3 Å². The van der Waals surface area contributed by atoms with Gasteiger partial charge in [0.05, 0.1) is 13.7 Å². The smallest absolute Gasteiger partial charge is 0.326 e. The number of likely N-dealkylation sites (N-methyl/N-ethyl adjacent to an activating group) is 1. The zero-order valence-electron chi connectivity index (χ0n) is 13.0. The summed E-state index contributed by atoms with van der Waals surface area (Å²) in [6.45, 7) is 5.92. The van der Waals surface area contributed by atoms with Gasteiger partial charge in [-0.2, -0.15) is 0 Å². The average molecular weight is 284 g/mol. The minimum Gasteiger partial charge on any atom is -0.468 e. The van der Waals surface area contributed by atoms with Crippen molar-refractivity contribution in [3.05, 3.63) is 0 Å². The molecule has 2 fully saturated rings. The highest BCUT2D eigenvalue weighted by molar-refractivity contribution is 5.81. The molecule has 3 atom stereocenters. The lowest BCUT2D eigenvalue weighted by Crippen LogP contribution is -2.51. The first-order chi connectivity index (χ1) is 9.65. The Morgan fingerprint density at radius 3 is 2.85 bits per heavy atom. The van der Waals surface area contributed by atoms with Gasteiger partial charge >= 0.3 is 5.97 Å². The Kier molecular flexibility index (Phi) is 5.41. The first-order valence-corrected chi connectivity index (χ1v) is 7.71. The molecule has 1 heterocycles. The first-order valence-electron chi connectivity index (χ1n) is 7.71. The molecule has 5 nitrogen and oxygen atoms in total. The number of carbonyl (C=O) groups is 1. The van der Waals surface area contributed by atoms with Crippen LogP contribution < -0.4 is 5.32 Å². The van der Waals surface area contributed by atoms with Crippen LogP contribution in [0.25, 0.3) is 0 Å². The van der Waals surface area contributed by atoms with E-state index in [-0.39, 0.29) is 5.97 Å². The number of likely N-dealkylation sites (tertiary alicyclic amines) is 1. The van der Waals surface area contributed by atoms with Gasteiger partial charge in [-0.3, -0.25) is 9.69 Å². The minimum absolute atomic E-state index is 0.102. The zero-order valence-corrected chi connectivity index (χ0v) is 13.0. The zero-order chi connectivity index (χ0) is 14.6. The Bertz CT molecular complexity index is 337. The topological polar surface area (TPSA) is 50.8 Å². The van der Waals surface area contributed by atoms with E-state index in [1.165, 1.54) is 13.5 Å². The number of hydrogen-bond acceptors (Lipinski definition) is 5. The summed E-state index contributed by atoms with van der Waals surface area (Å²) in [4.78, 5) is 14.7. The van der Waals surface area contributed by atoms with Crippen molar-refractivity contribution in [3.63, 3.8) is 0 Å². The van der Waals surface area contributed by atoms with Crippen molar-refractivity contribution in [2.75, 3.05) is 40.5 Å². The van der Waals surface area contributed by atoms with Crippen molar-refractivity contribution >= 4 is 5.97 Å². The highest BCUT2D eigenvalue weighted by Gasteiger charge is 2.47. The number of esters is 1. The lowest BCUT2D eigenvalue weighted by atomic mass is 9.97. The Hall–Kier alpha value is -0.650. The summed E-state index contributed by atoms with van der Waals surface area (Å²) in [5, 5.41) is 3.37. The monoisotopic (exact) mass is 284 g/mol. The van der Waals surface area contributed by atoms with Gasteiger partial charge in [0.15, 0.2) is 0 Å². The summed E-state index contributed by atoms with van der Waals surface area (Å²) in [6.07, 6.45) is 4.02. The highest BCUT2D eigenvalue weighted by Crippen LogP contribution is 2.36. The minimum atomic E-state index is -0.465. The number of methoxy groups -OCH3 is 2. The van der Waals surface area contributed by atoms with E-state index in [9.17, 15) is 4.79 Å². The van der Waals surface area contributed by atoms with Gasteiger partial charge in [0, 0.05) is 19.7 Å². The Morgan fingerprint density at radius 1 is 1.40 bits per heavy atom. The van der Waals surface area contributed by atoms with E-state index >= 15 is 0 Å². The SMILES string of the molecule is CCNC1(C(=O)OC)CCC(N2CCC(COC)C2)C1. The number of carbonyl (C=O) groups excluding carboxylic acids is 1. The molecule has 2 rings (SSSR count). The van der Waals surface area contributed by atoms with Crippen molar-refractivity contribution in [2.45, 2.75) is 44.2 Å². The molecule has 1 saturated heterocycles. The van der Waals surface area contributed by atoms with Gasteiger partial charge in [-0.05, 0) is 44.7 Å². The fourth-order valence-corrected chi connectivity index (χ4v) is 3.85. The summed E-state index contributed by atoms with van der Waals surface area (Å²) >= 11 is 0. The van der Waals surface area contributed by atoms with Gasteiger partial charge in [0.2, 0.25) is 0 Å². The maximum atomic E-state index is 12.1. The number of nitrogens with zero attached hydrogens (tertiary/aromatic N) is 1. The van der Waals surface area contributed by atoms with Crippen molar-refractivity contribution in [2.24, 2.45) is 5.92 Å². The summed E-state index contributed by atoms with van der Waals surface area (Å²) in [5.41, 5.74) is -0.465. The molecule has 0 radical (unpaired) electrons. The lowest BCUT2D eigenvalue weighted by molar-refractivity contribution is -0.148. The number of hydrogen-bond donors (Lipinski definition) is 1. The Balaban J connectivity index is 1.95. The molecule has 1 aliphatic carbocycles. The molecule has 0 amide bonds. The molecule has 3 unspecified atom stereocenters. The third kappa shape index (κ3) is 3.15. The quantitative estimate of drug-likeness (QED) is 0.738. The second-order valence-electron chi connectivity index (χ2n) is 6.11. The maximum Gasteiger partial charge on any atom is 0.326 e. The van der Waals surface area contributed by atoms with Crippen LogP contribution in [0.3, 0.4) is 0 Å². The number of rotatable bonds is 6. The predicted octanol–water partition coefficient (Wildman–Crippen LogP) is 1.03. The Labute approximate surface area is 122 Å². The first kappa shape index (κ1) is 15.7. The van der Waals surface area contributed by atoms with Crippen LogP contribution in [0.15, 0.2) is 0 Å². The van der Waals surface area contributed by atoms with Crippen LogP contribution in [0.5, 0.6) is 0 Å². The molecular formula is C15H28N2O3. The molecular weight excluding hydrogens is 256 g/mol. The molecule has 5 heteroatoms. The standard InChI is InChI=1S/C15H28N2O3/c1-4-16-15(14(18)20-3)7-5-13(9-15)17-8-6-12(10-17)11-19-2/h12-13,16H,4-11H2,1-3H3. The molecule has 1 aliphatic heterocycles. The van der Waals surface area contributed by atoms with Crippen LogP contribution in [-0.4, -0.2) is 62.9 Å². The van der Waals surface area contributed by atoms with Gasteiger partial charge in [-0.1, -0.05) is 6.92 Å². The van der Waals surface area contributed by atoms with Crippen molar-refractivity contribution < 1.29 is 14.3 Å². The van der Waals surface area contributed by atoms with Crippen molar-refractivity contribution in [1.82, 2.24) is 10.2 Å².